The van der Waals surface area contributed by atoms with Gasteiger partial charge in [-0.15, -0.1) is 5.10 Å². The molecular weight excluding hydrogens is 326 g/mol. The van der Waals surface area contributed by atoms with Gasteiger partial charge in [-0.05, 0) is 35.8 Å². The van der Waals surface area contributed by atoms with E-state index in [-0.39, 0.29) is 17.2 Å². The normalized spacial score (nSPS) is 16.7. The van der Waals surface area contributed by atoms with E-state index in [0.717, 1.165) is 31.6 Å². The molecule has 1 aromatic heterocycles. The second-order valence-corrected chi connectivity index (χ2v) is 7.02. The van der Waals surface area contributed by atoms with Gasteiger partial charge in [-0.3, -0.25) is 4.79 Å². The third kappa shape index (κ3) is 4.33. The van der Waals surface area contributed by atoms with Crippen molar-refractivity contribution in [3.05, 3.63) is 35.9 Å². The first-order valence-electron chi connectivity index (χ1n) is 8.08. The molecule has 0 saturated carbocycles. The number of nitrogens with zero attached hydrogens (tertiary/aromatic N) is 4. The molecular formula is C16H21N5O2S. The molecule has 7 nitrogen and oxygen atoms in total. The van der Waals surface area contributed by atoms with Gasteiger partial charge < -0.3 is 10.1 Å². The van der Waals surface area contributed by atoms with Crippen molar-refractivity contribution in [2.45, 2.75) is 42.8 Å². The van der Waals surface area contributed by atoms with Crippen LogP contribution in [0.25, 0.3) is 0 Å². The minimum Gasteiger partial charge on any atom is -0.381 e. The predicted octanol–water partition coefficient (Wildman–Crippen LogP) is 1.82. The zero-order valence-electron chi connectivity index (χ0n) is 13.6. The van der Waals surface area contributed by atoms with E-state index in [1.165, 1.54) is 11.8 Å². The van der Waals surface area contributed by atoms with Crippen LogP contribution < -0.4 is 5.32 Å². The summed E-state index contributed by atoms with van der Waals surface area (Å²) in [5.41, 5.74) is 1.08. The number of amides is 1. The number of ether oxygens (including phenoxy) is 1. The fourth-order valence-electron chi connectivity index (χ4n) is 2.56. The van der Waals surface area contributed by atoms with Crippen molar-refractivity contribution in [2.24, 2.45) is 0 Å². The summed E-state index contributed by atoms with van der Waals surface area (Å²) in [6, 6.07) is 10.1. The van der Waals surface area contributed by atoms with Crippen LogP contribution in [-0.4, -0.2) is 44.6 Å². The Kier molecular flexibility index (Phi) is 5.81. The van der Waals surface area contributed by atoms with Crippen LogP contribution in [0.2, 0.25) is 0 Å². The summed E-state index contributed by atoms with van der Waals surface area (Å²) >= 11 is 1.39. The minimum absolute atomic E-state index is 0.0228. The number of thioether (sulfide) groups is 1. The number of tetrazole rings is 1. The highest BCUT2D eigenvalue weighted by atomic mass is 32.2. The fourth-order valence-corrected chi connectivity index (χ4v) is 3.45. The Balaban J connectivity index is 1.55. The fraction of sp³-hybridized carbons (Fsp3) is 0.500. The van der Waals surface area contributed by atoms with Gasteiger partial charge in [0.15, 0.2) is 0 Å². The van der Waals surface area contributed by atoms with E-state index < -0.39 is 0 Å². The number of aromatic nitrogens is 4. The van der Waals surface area contributed by atoms with Gasteiger partial charge in [0, 0.05) is 19.8 Å². The lowest BCUT2D eigenvalue weighted by atomic mass is 10.1. The van der Waals surface area contributed by atoms with E-state index in [1.54, 1.807) is 0 Å². The van der Waals surface area contributed by atoms with Crippen molar-refractivity contribution < 1.29 is 9.53 Å². The summed E-state index contributed by atoms with van der Waals surface area (Å²) in [7, 11) is 0. The largest absolute Gasteiger partial charge is 0.381 e. The first kappa shape index (κ1) is 16.9. The van der Waals surface area contributed by atoms with Crippen LogP contribution in [0.1, 0.15) is 31.4 Å². The van der Waals surface area contributed by atoms with Crippen molar-refractivity contribution in [3.8, 4) is 0 Å². The van der Waals surface area contributed by atoms with Gasteiger partial charge in [0.25, 0.3) is 0 Å². The Morgan fingerprint density at radius 1 is 1.38 bits per heavy atom. The molecule has 1 aliphatic heterocycles. The summed E-state index contributed by atoms with van der Waals surface area (Å²) < 4.78 is 7.21. The molecule has 1 aromatic carbocycles. The van der Waals surface area contributed by atoms with Gasteiger partial charge in [-0.2, -0.15) is 0 Å². The second kappa shape index (κ2) is 8.25. The number of hydrogen-bond donors (Lipinski definition) is 1. The third-order valence-electron chi connectivity index (χ3n) is 3.96. The molecule has 0 radical (unpaired) electrons. The standard InChI is InChI=1S/C16H21N5O2S/c1-12(15(22)17-11-13-5-3-2-4-6-13)24-16-18-19-20-21(16)14-7-9-23-10-8-14/h2-6,12,14H,7-11H2,1H3,(H,17,22). The van der Waals surface area contributed by atoms with Crippen LogP contribution in [0.5, 0.6) is 0 Å². The quantitative estimate of drug-likeness (QED) is 0.803. The van der Waals surface area contributed by atoms with Crippen LogP contribution in [0.15, 0.2) is 35.5 Å². The molecule has 1 aliphatic rings. The number of nitrogens with one attached hydrogen (secondary N) is 1. The average Bonchev–Trinajstić information content (AvgIpc) is 3.09. The average molecular weight is 347 g/mol. The summed E-state index contributed by atoms with van der Waals surface area (Å²) in [5, 5.41) is 15.3. The molecule has 1 atom stereocenters. The highest BCUT2D eigenvalue weighted by Crippen LogP contribution is 2.27. The van der Waals surface area contributed by atoms with E-state index in [2.05, 4.69) is 20.8 Å². The number of carbonyl (C=O) groups excluding carboxylic acids is 1. The van der Waals surface area contributed by atoms with Gasteiger partial charge in [0.2, 0.25) is 11.1 Å². The summed E-state index contributed by atoms with van der Waals surface area (Å²) in [4.78, 5) is 12.3. The van der Waals surface area contributed by atoms with Crippen LogP contribution in [0, 0.1) is 0 Å². The molecule has 2 aromatic rings. The van der Waals surface area contributed by atoms with E-state index in [0.29, 0.717) is 11.7 Å². The number of carbonyl (C=O) groups is 1. The topological polar surface area (TPSA) is 81.9 Å². The van der Waals surface area contributed by atoms with Crippen molar-refractivity contribution >= 4 is 17.7 Å². The van der Waals surface area contributed by atoms with E-state index in [1.807, 2.05) is 41.9 Å². The monoisotopic (exact) mass is 347 g/mol. The zero-order valence-corrected chi connectivity index (χ0v) is 14.4. The third-order valence-corrected chi connectivity index (χ3v) is 5.01. The predicted molar refractivity (Wildman–Crippen MR) is 90.5 cm³/mol. The van der Waals surface area contributed by atoms with E-state index >= 15 is 0 Å². The molecule has 24 heavy (non-hydrogen) atoms. The highest BCUT2D eigenvalue weighted by Gasteiger charge is 2.23. The molecule has 0 bridgehead atoms. The second-order valence-electron chi connectivity index (χ2n) is 5.71. The van der Waals surface area contributed by atoms with Crippen LogP contribution in [-0.2, 0) is 16.1 Å². The Morgan fingerprint density at radius 2 is 2.12 bits per heavy atom. The van der Waals surface area contributed by atoms with Crippen molar-refractivity contribution in [1.29, 1.82) is 0 Å². The summed E-state index contributed by atoms with van der Waals surface area (Å²) in [6.07, 6.45) is 1.79. The van der Waals surface area contributed by atoms with E-state index in [4.69, 9.17) is 4.74 Å². The first-order chi connectivity index (χ1) is 11.7. The van der Waals surface area contributed by atoms with Crippen molar-refractivity contribution in [3.63, 3.8) is 0 Å². The number of hydrogen-bond acceptors (Lipinski definition) is 6. The maximum atomic E-state index is 12.3. The molecule has 1 N–H and O–H groups in total. The first-order valence-corrected chi connectivity index (χ1v) is 8.96. The van der Waals surface area contributed by atoms with Crippen molar-refractivity contribution in [1.82, 2.24) is 25.5 Å². The lowest BCUT2D eigenvalue weighted by Gasteiger charge is -2.22. The van der Waals surface area contributed by atoms with Gasteiger partial charge in [-0.1, -0.05) is 42.1 Å². The Labute approximate surface area is 145 Å². The molecule has 0 spiro atoms. The molecule has 3 rings (SSSR count). The summed E-state index contributed by atoms with van der Waals surface area (Å²) in [5.74, 6) is -0.0228. The molecule has 128 valence electrons. The summed E-state index contributed by atoms with van der Waals surface area (Å²) in [6.45, 7) is 3.84. The van der Waals surface area contributed by atoms with E-state index in [9.17, 15) is 4.79 Å². The highest BCUT2D eigenvalue weighted by molar-refractivity contribution is 8.00. The molecule has 8 heteroatoms. The maximum Gasteiger partial charge on any atom is 0.233 e. The number of benzene rings is 1. The van der Waals surface area contributed by atoms with Crippen LogP contribution in [0.4, 0.5) is 0 Å². The van der Waals surface area contributed by atoms with Gasteiger partial charge >= 0.3 is 0 Å². The minimum atomic E-state index is -0.265. The Hall–Kier alpha value is -1.93. The van der Waals surface area contributed by atoms with Gasteiger partial charge in [0.05, 0.1) is 11.3 Å². The Bertz CT molecular complexity index is 657. The molecule has 1 saturated heterocycles. The lowest BCUT2D eigenvalue weighted by molar-refractivity contribution is -0.120. The number of rotatable bonds is 6. The van der Waals surface area contributed by atoms with Crippen molar-refractivity contribution in [2.75, 3.05) is 13.2 Å². The zero-order chi connectivity index (χ0) is 16.8. The molecule has 1 fully saturated rings. The molecule has 1 amide bonds. The van der Waals surface area contributed by atoms with Gasteiger partial charge in [-0.25, -0.2) is 4.68 Å². The van der Waals surface area contributed by atoms with Crippen LogP contribution in [0.3, 0.4) is 0 Å². The van der Waals surface area contributed by atoms with Gasteiger partial charge in [0.1, 0.15) is 0 Å². The lowest BCUT2D eigenvalue weighted by Crippen LogP contribution is -2.31. The molecule has 0 aliphatic carbocycles. The maximum absolute atomic E-state index is 12.3. The smallest absolute Gasteiger partial charge is 0.233 e. The van der Waals surface area contributed by atoms with Crippen LogP contribution >= 0.6 is 11.8 Å². The molecule has 1 unspecified atom stereocenters. The SMILES string of the molecule is CC(Sc1nnnn1C1CCOCC1)C(=O)NCc1ccccc1. The Morgan fingerprint density at radius 3 is 2.88 bits per heavy atom. The molecule has 2 heterocycles.